The minimum absolute atomic E-state index is 0.349. The van der Waals surface area contributed by atoms with Gasteiger partial charge in [0.2, 0.25) is 5.82 Å². The van der Waals surface area contributed by atoms with Crippen molar-refractivity contribution in [2.45, 2.75) is 39.4 Å². The lowest BCUT2D eigenvalue weighted by molar-refractivity contribution is -1.03. The first kappa shape index (κ1) is 20.7. The molecule has 0 saturated carbocycles. The minimum atomic E-state index is 0.349. The second kappa shape index (κ2) is 9.96. The van der Waals surface area contributed by atoms with Crippen LogP contribution in [0.3, 0.4) is 0 Å². The summed E-state index contributed by atoms with van der Waals surface area (Å²) in [6.07, 6.45) is 1.11. The fraction of sp³-hybridized carbons (Fsp3) is 0.458. The standard InChI is InChI=1S/C24H32N6/c1-20(2)17-23(24-25-26-27-30(24)19-22-11-7-4-8-12-22)29-15-13-28(14-16-29)18-21-9-5-3-6-10-21/h3-12,20,23H,13-19H2,1-2H3/p+2/t23-/m1/s1. The van der Waals surface area contributed by atoms with Gasteiger partial charge in [0.1, 0.15) is 32.7 Å². The molecule has 1 atom stereocenters. The Balaban J connectivity index is 1.44. The number of piperazine rings is 1. The Labute approximate surface area is 179 Å². The first-order valence-corrected chi connectivity index (χ1v) is 11.2. The average molecular weight is 407 g/mol. The van der Waals surface area contributed by atoms with Crippen LogP contribution in [-0.4, -0.2) is 46.4 Å². The maximum absolute atomic E-state index is 4.50. The molecule has 0 spiro atoms. The number of benzene rings is 2. The molecule has 0 radical (unpaired) electrons. The van der Waals surface area contributed by atoms with E-state index in [0.29, 0.717) is 12.0 Å². The Morgan fingerprint density at radius 1 is 0.867 bits per heavy atom. The van der Waals surface area contributed by atoms with Crippen molar-refractivity contribution in [3.05, 3.63) is 77.6 Å². The molecule has 158 valence electrons. The summed E-state index contributed by atoms with van der Waals surface area (Å²) in [5.41, 5.74) is 2.67. The van der Waals surface area contributed by atoms with Crippen LogP contribution >= 0.6 is 0 Å². The van der Waals surface area contributed by atoms with E-state index in [1.54, 1.807) is 9.80 Å². The number of tetrazole rings is 1. The number of nitrogens with zero attached hydrogens (tertiary/aromatic N) is 4. The van der Waals surface area contributed by atoms with Crippen LogP contribution in [0.15, 0.2) is 60.7 Å². The van der Waals surface area contributed by atoms with E-state index in [9.17, 15) is 0 Å². The summed E-state index contributed by atoms with van der Waals surface area (Å²) in [6.45, 7) is 11.2. The summed E-state index contributed by atoms with van der Waals surface area (Å²) < 4.78 is 2.01. The molecule has 6 nitrogen and oxygen atoms in total. The molecule has 0 aliphatic carbocycles. The lowest BCUT2D eigenvalue weighted by Crippen LogP contribution is -3.27. The zero-order valence-corrected chi connectivity index (χ0v) is 18.2. The van der Waals surface area contributed by atoms with Gasteiger partial charge in [0.15, 0.2) is 6.04 Å². The molecule has 3 aromatic rings. The molecular weight excluding hydrogens is 372 g/mol. The molecule has 1 aliphatic rings. The molecule has 1 fully saturated rings. The van der Waals surface area contributed by atoms with E-state index in [2.05, 4.69) is 84.0 Å². The summed E-state index contributed by atoms with van der Waals surface area (Å²) in [4.78, 5) is 3.31. The third-order valence-corrected chi connectivity index (χ3v) is 6.14. The van der Waals surface area contributed by atoms with E-state index >= 15 is 0 Å². The van der Waals surface area contributed by atoms with Crippen LogP contribution in [-0.2, 0) is 13.1 Å². The number of hydrogen-bond acceptors (Lipinski definition) is 3. The van der Waals surface area contributed by atoms with Gasteiger partial charge in [0.05, 0.1) is 6.54 Å². The molecule has 1 aliphatic heterocycles. The molecule has 6 heteroatoms. The molecule has 0 amide bonds. The van der Waals surface area contributed by atoms with Crippen LogP contribution < -0.4 is 9.80 Å². The van der Waals surface area contributed by atoms with Gasteiger partial charge < -0.3 is 9.80 Å². The predicted molar refractivity (Wildman–Crippen MR) is 117 cm³/mol. The Kier molecular flexibility index (Phi) is 6.87. The fourth-order valence-corrected chi connectivity index (χ4v) is 4.59. The molecule has 2 N–H and O–H groups in total. The van der Waals surface area contributed by atoms with Crippen molar-refractivity contribution >= 4 is 0 Å². The number of hydrogen-bond donors (Lipinski definition) is 2. The second-order valence-corrected chi connectivity index (χ2v) is 8.93. The zero-order valence-electron chi connectivity index (χ0n) is 18.2. The largest absolute Gasteiger partial charge is 0.322 e. The van der Waals surface area contributed by atoms with Gasteiger partial charge in [-0.25, -0.2) is 4.68 Å². The third kappa shape index (κ3) is 5.32. The molecule has 2 aromatic carbocycles. The van der Waals surface area contributed by atoms with E-state index in [1.807, 2.05) is 10.7 Å². The summed E-state index contributed by atoms with van der Waals surface area (Å²) in [5.74, 6) is 1.65. The number of aromatic nitrogens is 4. The Morgan fingerprint density at radius 2 is 1.50 bits per heavy atom. The van der Waals surface area contributed by atoms with Gasteiger partial charge in [-0.1, -0.05) is 74.5 Å². The highest BCUT2D eigenvalue weighted by molar-refractivity contribution is 5.15. The summed E-state index contributed by atoms with van der Waals surface area (Å²) in [5, 5.41) is 12.9. The lowest BCUT2D eigenvalue weighted by atomic mass is 10.0. The maximum Gasteiger partial charge on any atom is 0.209 e. The molecule has 2 heterocycles. The molecule has 0 unspecified atom stereocenters. The van der Waals surface area contributed by atoms with Crippen LogP contribution in [0.25, 0.3) is 0 Å². The molecule has 30 heavy (non-hydrogen) atoms. The summed E-state index contributed by atoms with van der Waals surface area (Å²) in [6, 6.07) is 21.7. The van der Waals surface area contributed by atoms with Gasteiger partial charge in [0, 0.05) is 12.0 Å². The van der Waals surface area contributed by atoms with E-state index in [0.717, 1.165) is 38.4 Å². The van der Waals surface area contributed by atoms with E-state index in [-0.39, 0.29) is 0 Å². The van der Waals surface area contributed by atoms with Crippen molar-refractivity contribution < 1.29 is 9.80 Å². The monoisotopic (exact) mass is 406 g/mol. The smallest absolute Gasteiger partial charge is 0.209 e. The highest BCUT2D eigenvalue weighted by atomic mass is 15.6. The van der Waals surface area contributed by atoms with Crippen molar-refractivity contribution in [1.82, 2.24) is 20.2 Å². The first-order valence-electron chi connectivity index (χ1n) is 11.2. The van der Waals surface area contributed by atoms with Gasteiger partial charge in [-0.05, 0) is 21.9 Å². The minimum Gasteiger partial charge on any atom is -0.322 e. The normalized spacial score (nSPS) is 20.4. The Morgan fingerprint density at radius 3 is 2.13 bits per heavy atom. The SMILES string of the molecule is CC(C)C[C@H](c1nnnn1Cc1ccccc1)[NH+]1CC[NH+](Cc2ccccc2)CC1. The maximum atomic E-state index is 4.50. The van der Waals surface area contributed by atoms with Crippen LogP contribution in [0.2, 0.25) is 0 Å². The fourth-order valence-electron chi connectivity index (χ4n) is 4.59. The Bertz CT molecular complexity index is 884. The third-order valence-electron chi connectivity index (χ3n) is 6.14. The quantitative estimate of drug-likeness (QED) is 0.582. The van der Waals surface area contributed by atoms with Crippen LogP contribution in [0, 0.1) is 5.92 Å². The highest BCUT2D eigenvalue weighted by Crippen LogP contribution is 2.17. The van der Waals surface area contributed by atoms with Crippen LogP contribution in [0.5, 0.6) is 0 Å². The van der Waals surface area contributed by atoms with E-state index in [1.165, 1.54) is 24.2 Å². The van der Waals surface area contributed by atoms with Crippen molar-refractivity contribution in [3.8, 4) is 0 Å². The van der Waals surface area contributed by atoms with E-state index in [4.69, 9.17) is 0 Å². The van der Waals surface area contributed by atoms with Crippen LogP contribution in [0.4, 0.5) is 0 Å². The van der Waals surface area contributed by atoms with Crippen molar-refractivity contribution in [1.29, 1.82) is 0 Å². The van der Waals surface area contributed by atoms with Crippen molar-refractivity contribution in [3.63, 3.8) is 0 Å². The molecular formula is C24H34N6+2. The highest BCUT2D eigenvalue weighted by Gasteiger charge is 2.34. The number of nitrogens with one attached hydrogen (secondary N) is 2. The summed E-state index contributed by atoms with van der Waals surface area (Å²) in [7, 11) is 0. The van der Waals surface area contributed by atoms with E-state index < -0.39 is 0 Å². The zero-order chi connectivity index (χ0) is 20.8. The van der Waals surface area contributed by atoms with Gasteiger partial charge in [-0.3, -0.25) is 0 Å². The average Bonchev–Trinajstić information content (AvgIpc) is 3.22. The predicted octanol–water partition coefficient (Wildman–Crippen LogP) is 0.792. The second-order valence-electron chi connectivity index (χ2n) is 8.93. The summed E-state index contributed by atoms with van der Waals surface area (Å²) >= 11 is 0. The first-order chi connectivity index (χ1) is 14.7. The molecule has 1 saturated heterocycles. The molecule has 4 rings (SSSR count). The Hall–Kier alpha value is -2.57. The number of quaternary nitrogens is 2. The molecule has 1 aromatic heterocycles. The van der Waals surface area contributed by atoms with Gasteiger partial charge >= 0.3 is 0 Å². The number of rotatable bonds is 8. The molecule has 0 bridgehead atoms. The lowest BCUT2D eigenvalue weighted by Gasteiger charge is -2.34. The van der Waals surface area contributed by atoms with Crippen LogP contribution in [0.1, 0.15) is 43.3 Å². The topological polar surface area (TPSA) is 52.5 Å². The van der Waals surface area contributed by atoms with Crippen molar-refractivity contribution in [2.75, 3.05) is 26.2 Å². The van der Waals surface area contributed by atoms with Gasteiger partial charge in [-0.15, -0.1) is 5.10 Å². The van der Waals surface area contributed by atoms with Gasteiger partial charge in [0.25, 0.3) is 0 Å². The van der Waals surface area contributed by atoms with Crippen molar-refractivity contribution in [2.24, 2.45) is 5.92 Å². The van der Waals surface area contributed by atoms with Gasteiger partial charge in [-0.2, -0.15) is 0 Å².